The summed E-state index contributed by atoms with van der Waals surface area (Å²) in [6.07, 6.45) is 3.11. The maximum atomic E-state index is 13.9. The molecule has 0 unspecified atom stereocenters. The van der Waals surface area contributed by atoms with E-state index in [1.54, 1.807) is 40.2 Å². The van der Waals surface area contributed by atoms with Crippen molar-refractivity contribution in [3.8, 4) is 0 Å². The van der Waals surface area contributed by atoms with Crippen LogP contribution in [0.1, 0.15) is 59.6 Å². The van der Waals surface area contributed by atoms with Crippen LogP contribution in [0.5, 0.6) is 0 Å². The highest BCUT2D eigenvalue weighted by molar-refractivity contribution is 7.89. The number of carbonyl (C=O) groups excluding carboxylic acids is 2. The molecule has 3 N–H and O–H groups in total. The van der Waals surface area contributed by atoms with Gasteiger partial charge >= 0.3 is 6.09 Å². The third kappa shape index (κ3) is 5.99. The number of sulfonamides is 1. The van der Waals surface area contributed by atoms with Crippen LogP contribution in [0.15, 0.2) is 41.6 Å². The van der Waals surface area contributed by atoms with Crippen LogP contribution in [0, 0.1) is 6.92 Å². The number of aromatic nitrogens is 5. The van der Waals surface area contributed by atoms with Crippen molar-refractivity contribution in [1.82, 2.24) is 39.7 Å². The van der Waals surface area contributed by atoms with Gasteiger partial charge in [-0.15, -0.1) is 0 Å². The Morgan fingerprint density at radius 3 is 2.69 bits per heavy atom. The molecular weight excluding hydrogens is 560 g/mol. The molecule has 0 fully saturated rings. The van der Waals surface area contributed by atoms with Crippen molar-refractivity contribution in [1.29, 1.82) is 0 Å². The lowest BCUT2D eigenvalue weighted by Gasteiger charge is -2.26. The van der Waals surface area contributed by atoms with Gasteiger partial charge in [0.25, 0.3) is 5.91 Å². The van der Waals surface area contributed by atoms with E-state index in [-0.39, 0.29) is 42.5 Å². The lowest BCUT2D eigenvalue weighted by atomic mass is 10.1. The predicted octanol–water partition coefficient (Wildman–Crippen LogP) is 2.70. The number of H-pyrrole nitrogens is 1. The van der Waals surface area contributed by atoms with Gasteiger partial charge in [0.05, 0.1) is 24.0 Å². The van der Waals surface area contributed by atoms with Crippen molar-refractivity contribution in [2.24, 2.45) is 7.05 Å². The number of carbonyl (C=O) groups is 2. The molecule has 5 rings (SSSR count). The third-order valence-electron chi connectivity index (χ3n) is 7.01. The molecule has 3 aromatic heterocycles. The average molecular weight is 595 g/mol. The molecule has 0 aliphatic carbocycles. The average Bonchev–Trinajstić information content (AvgIpc) is 3.53. The van der Waals surface area contributed by atoms with E-state index in [4.69, 9.17) is 4.74 Å². The molecule has 13 nitrogen and oxygen atoms in total. The summed E-state index contributed by atoms with van der Waals surface area (Å²) in [5.74, 6) is 0.171. The molecule has 0 bridgehead atoms. The van der Waals surface area contributed by atoms with Crippen molar-refractivity contribution < 1.29 is 22.7 Å². The molecule has 1 aliphatic heterocycles. The first-order valence-corrected chi connectivity index (χ1v) is 14.9. The van der Waals surface area contributed by atoms with Gasteiger partial charge in [-0.25, -0.2) is 23.2 Å². The van der Waals surface area contributed by atoms with Crippen molar-refractivity contribution in [3.63, 3.8) is 0 Å². The van der Waals surface area contributed by atoms with Gasteiger partial charge in [-0.2, -0.15) is 9.40 Å². The molecule has 0 saturated carbocycles. The van der Waals surface area contributed by atoms with Gasteiger partial charge in [0.2, 0.25) is 10.0 Å². The molecular formula is C28H34N8O5S. The van der Waals surface area contributed by atoms with E-state index in [1.807, 2.05) is 25.1 Å². The number of nitrogens with one attached hydrogen (secondary N) is 3. The lowest BCUT2D eigenvalue weighted by Crippen LogP contribution is -2.37. The van der Waals surface area contributed by atoms with Crippen molar-refractivity contribution >= 4 is 32.9 Å². The quantitative estimate of drug-likeness (QED) is 0.294. The number of alkyl carbamates (subject to hydrolysis) is 1. The van der Waals surface area contributed by atoms with E-state index in [9.17, 15) is 18.0 Å². The Morgan fingerprint density at radius 2 is 1.93 bits per heavy atom. The Kier molecular flexibility index (Phi) is 7.77. The molecule has 1 aromatic carbocycles. The largest absolute Gasteiger partial charge is 0.444 e. The smallest absolute Gasteiger partial charge is 0.407 e. The summed E-state index contributed by atoms with van der Waals surface area (Å²) in [6, 6.07) is 6.96. The van der Waals surface area contributed by atoms with E-state index in [0.29, 0.717) is 12.2 Å². The molecule has 0 radical (unpaired) electrons. The Morgan fingerprint density at radius 1 is 1.14 bits per heavy atom. The van der Waals surface area contributed by atoms with E-state index < -0.39 is 27.6 Å². The molecule has 4 aromatic rings. The van der Waals surface area contributed by atoms with Crippen LogP contribution in [-0.2, 0) is 47.9 Å². The second-order valence-electron chi connectivity index (χ2n) is 11.2. The first-order chi connectivity index (χ1) is 19.8. The summed E-state index contributed by atoms with van der Waals surface area (Å²) >= 11 is 0. The minimum Gasteiger partial charge on any atom is -0.444 e. The Hall–Kier alpha value is -4.30. The number of hydrogen-bond donors (Lipinski definition) is 3. The van der Waals surface area contributed by atoms with Gasteiger partial charge in [0, 0.05) is 55.9 Å². The zero-order valence-corrected chi connectivity index (χ0v) is 25.0. The highest BCUT2D eigenvalue weighted by atomic mass is 32.2. The van der Waals surface area contributed by atoms with Crippen LogP contribution >= 0.6 is 0 Å². The molecule has 222 valence electrons. The summed E-state index contributed by atoms with van der Waals surface area (Å²) in [5, 5.41) is 13.3. The summed E-state index contributed by atoms with van der Waals surface area (Å²) in [6.45, 7) is 7.41. The van der Waals surface area contributed by atoms with Gasteiger partial charge in [-0.05, 0) is 45.4 Å². The minimum atomic E-state index is -4.05. The van der Waals surface area contributed by atoms with Crippen LogP contribution in [0.4, 0.5) is 4.79 Å². The fourth-order valence-electron chi connectivity index (χ4n) is 4.90. The van der Waals surface area contributed by atoms with Gasteiger partial charge < -0.3 is 19.9 Å². The summed E-state index contributed by atoms with van der Waals surface area (Å²) in [5.41, 5.74) is 2.91. The van der Waals surface area contributed by atoms with Crippen molar-refractivity contribution in [2.75, 3.05) is 6.54 Å². The second-order valence-corrected chi connectivity index (χ2v) is 13.1. The highest BCUT2D eigenvalue weighted by Crippen LogP contribution is 2.28. The van der Waals surface area contributed by atoms with E-state index in [0.717, 1.165) is 27.7 Å². The summed E-state index contributed by atoms with van der Waals surface area (Å²) < 4.78 is 36.1. The molecule has 1 aliphatic rings. The second kappa shape index (κ2) is 11.2. The van der Waals surface area contributed by atoms with Crippen LogP contribution in [0.3, 0.4) is 0 Å². The van der Waals surface area contributed by atoms with E-state index in [2.05, 4.69) is 30.8 Å². The topological polar surface area (TPSA) is 164 Å². The number of rotatable bonds is 7. The fourth-order valence-corrected chi connectivity index (χ4v) is 6.59. The van der Waals surface area contributed by atoms with Crippen LogP contribution in [0.2, 0.25) is 0 Å². The lowest BCUT2D eigenvalue weighted by molar-refractivity contribution is 0.0522. The Balaban J connectivity index is 1.44. The van der Waals surface area contributed by atoms with Gasteiger partial charge in [-0.1, -0.05) is 12.1 Å². The number of ether oxygens (including phenoxy) is 1. The van der Waals surface area contributed by atoms with Crippen LogP contribution < -0.4 is 10.6 Å². The zero-order chi connectivity index (χ0) is 30.2. The number of fused-ring (bicyclic) bond motifs is 2. The maximum Gasteiger partial charge on any atom is 0.407 e. The number of aromatic amines is 1. The third-order valence-corrected chi connectivity index (χ3v) is 8.91. The molecule has 0 saturated heterocycles. The predicted molar refractivity (Wildman–Crippen MR) is 154 cm³/mol. The van der Waals surface area contributed by atoms with Crippen LogP contribution in [-0.4, -0.2) is 61.6 Å². The molecule has 0 spiro atoms. The normalized spacial score (nSPS) is 14.0. The number of hydrogen-bond acceptors (Lipinski definition) is 8. The Labute approximate surface area is 243 Å². The molecule has 42 heavy (non-hydrogen) atoms. The minimum absolute atomic E-state index is 0.0628. The monoisotopic (exact) mass is 594 g/mol. The first-order valence-electron chi connectivity index (χ1n) is 13.5. The number of benzene rings is 1. The highest BCUT2D eigenvalue weighted by Gasteiger charge is 2.34. The van der Waals surface area contributed by atoms with Crippen molar-refractivity contribution in [3.05, 3.63) is 70.7 Å². The summed E-state index contributed by atoms with van der Waals surface area (Å²) in [4.78, 5) is 34.5. The molecule has 2 amide bonds. The summed E-state index contributed by atoms with van der Waals surface area (Å²) in [7, 11) is -2.45. The molecule has 0 atom stereocenters. The molecule has 4 heterocycles. The van der Waals surface area contributed by atoms with Gasteiger partial charge in [0.15, 0.2) is 0 Å². The number of aryl methyl sites for hydroxylation is 1. The van der Waals surface area contributed by atoms with Gasteiger partial charge in [0.1, 0.15) is 22.0 Å². The van der Waals surface area contributed by atoms with Crippen molar-refractivity contribution in [2.45, 2.75) is 64.2 Å². The maximum absolute atomic E-state index is 13.9. The first kappa shape index (κ1) is 29.2. The Bertz CT molecular complexity index is 1770. The van der Waals surface area contributed by atoms with E-state index >= 15 is 0 Å². The van der Waals surface area contributed by atoms with Crippen LogP contribution in [0.25, 0.3) is 10.9 Å². The molecule has 14 heteroatoms. The van der Waals surface area contributed by atoms with Gasteiger partial charge in [-0.3, -0.25) is 9.89 Å². The number of nitrogens with zero attached hydrogens (tertiary/aromatic N) is 5. The zero-order valence-electron chi connectivity index (χ0n) is 24.2. The number of amides is 2. The fraction of sp³-hybridized carbons (Fsp3) is 0.393. The van der Waals surface area contributed by atoms with E-state index in [1.165, 1.54) is 14.9 Å². The standard InChI is InChI=1S/C28H34N8O5S/c1-17-29-14-20-18(7-6-8-22(20)33-17)12-30-26(37)23-11-25(24(35(23)5)15-31-27(38)41-28(2,3)4)42(39,40)36-10-9-21-19(16-36)13-32-34-21/h6-8,11,13-14H,9-10,12,15-16H2,1-5H3,(H,30,37)(H,31,38)(H,32,34). The SMILES string of the molecule is Cc1ncc2c(CNC(=O)c3cc(S(=O)(=O)N4CCc5[nH]ncc5C4)c(CNC(=O)OC(C)(C)C)n3C)cccc2n1.